The van der Waals surface area contributed by atoms with Crippen LogP contribution in [0.15, 0.2) is 48.6 Å². The summed E-state index contributed by atoms with van der Waals surface area (Å²) in [6.07, 6.45) is 42.8. The highest BCUT2D eigenvalue weighted by molar-refractivity contribution is 7.47. The standard InChI is InChI=1S/C42H76NO8P/c1-3-5-7-9-11-13-15-16-17-18-19-20-21-22-23-24-25-27-29-31-33-35-42(45)51-40(39-50-52(46,47)49-37-36-43)38-48-41(44)34-32-30-28-26-14-12-10-8-6-4-2/h5,7,11,13,16-17,19-20,40H,3-4,6,8-10,12,14-15,18,21-39,43H2,1-2H3,(H,46,47)/b7-5-,13-11-,17-16-,20-19-. The average molecular weight is 754 g/mol. The zero-order valence-electron chi connectivity index (χ0n) is 33.0. The minimum absolute atomic E-state index is 0.0512. The van der Waals surface area contributed by atoms with Gasteiger partial charge in [-0.3, -0.25) is 18.6 Å². The third-order valence-corrected chi connectivity index (χ3v) is 9.46. The van der Waals surface area contributed by atoms with E-state index in [2.05, 4.69) is 62.5 Å². The highest BCUT2D eigenvalue weighted by Gasteiger charge is 2.26. The molecule has 0 heterocycles. The van der Waals surface area contributed by atoms with Crippen LogP contribution in [0.5, 0.6) is 0 Å². The van der Waals surface area contributed by atoms with Gasteiger partial charge in [-0.15, -0.1) is 0 Å². The molecule has 9 nitrogen and oxygen atoms in total. The van der Waals surface area contributed by atoms with E-state index in [9.17, 15) is 19.0 Å². The highest BCUT2D eigenvalue weighted by atomic mass is 31.2. The lowest BCUT2D eigenvalue weighted by molar-refractivity contribution is -0.161. The number of ether oxygens (including phenoxy) is 2. The SMILES string of the molecule is CC/C=C\C/C=C\C/C=C\C/C=C\CCCCCCCCCCC(=O)OC(COC(=O)CCCCCCCCCCCC)COP(=O)(O)OCCN. The van der Waals surface area contributed by atoms with Gasteiger partial charge >= 0.3 is 19.8 Å². The van der Waals surface area contributed by atoms with Gasteiger partial charge in [-0.25, -0.2) is 4.57 Å². The van der Waals surface area contributed by atoms with Gasteiger partial charge in [0, 0.05) is 19.4 Å². The molecule has 0 aliphatic heterocycles. The van der Waals surface area contributed by atoms with Gasteiger partial charge in [0.15, 0.2) is 6.10 Å². The molecule has 0 bridgehead atoms. The van der Waals surface area contributed by atoms with E-state index in [4.69, 9.17) is 24.3 Å². The first-order valence-electron chi connectivity index (χ1n) is 20.6. The summed E-state index contributed by atoms with van der Waals surface area (Å²) < 4.78 is 32.7. The number of unbranched alkanes of at least 4 members (excludes halogenated alkanes) is 17. The van der Waals surface area contributed by atoms with Crippen molar-refractivity contribution >= 4 is 19.8 Å². The summed E-state index contributed by atoms with van der Waals surface area (Å²) in [5.74, 6) is -0.840. The molecule has 2 atom stereocenters. The summed E-state index contributed by atoms with van der Waals surface area (Å²) in [6, 6.07) is 0. The van der Waals surface area contributed by atoms with Crippen LogP contribution in [0.2, 0.25) is 0 Å². The molecule has 10 heteroatoms. The molecule has 0 aliphatic carbocycles. The molecule has 0 amide bonds. The number of hydrogen-bond acceptors (Lipinski definition) is 8. The van der Waals surface area contributed by atoms with Gasteiger partial charge < -0.3 is 20.1 Å². The van der Waals surface area contributed by atoms with E-state index in [1.54, 1.807) is 0 Å². The fraction of sp³-hybridized carbons (Fsp3) is 0.762. The fourth-order valence-electron chi connectivity index (χ4n) is 5.45. The fourth-order valence-corrected chi connectivity index (χ4v) is 6.21. The molecule has 0 saturated carbocycles. The van der Waals surface area contributed by atoms with Gasteiger partial charge in [0.1, 0.15) is 6.61 Å². The van der Waals surface area contributed by atoms with Crippen LogP contribution in [-0.2, 0) is 32.7 Å². The normalized spacial score (nSPS) is 13.8. The quantitative estimate of drug-likeness (QED) is 0.0273. The van der Waals surface area contributed by atoms with E-state index >= 15 is 0 Å². The smallest absolute Gasteiger partial charge is 0.462 e. The summed E-state index contributed by atoms with van der Waals surface area (Å²) in [5.41, 5.74) is 5.34. The van der Waals surface area contributed by atoms with Crippen LogP contribution in [0.1, 0.15) is 174 Å². The third kappa shape index (κ3) is 37.7. The number of carbonyl (C=O) groups is 2. The second-order valence-electron chi connectivity index (χ2n) is 13.5. The number of esters is 2. The van der Waals surface area contributed by atoms with Crippen molar-refractivity contribution in [1.29, 1.82) is 0 Å². The summed E-state index contributed by atoms with van der Waals surface area (Å²) in [4.78, 5) is 34.7. The zero-order chi connectivity index (χ0) is 38.2. The lowest BCUT2D eigenvalue weighted by Crippen LogP contribution is -2.29. The second kappa shape index (κ2) is 38.7. The van der Waals surface area contributed by atoms with Gasteiger partial charge in [-0.2, -0.15) is 0 Å². The maximum absolute atomic E-state index is 12.6. The molecule has 3 N–H and O–H groups in total. The van der Waals surface area contributed by atoms with Crippen LogP contribution in [0.3, 0.4) is 0 Å². The van der Waals surface area contributed by atoms with Crippen LogP contribution in [0.25, 0.3) is 0 Å². The van der Waals surface area contributed by atoms with Crippen molar-refractivity contribution in [3.8, 4) is 0 Å². The van der Waals surface area contributed by atoms with Crippen LogP contribution in [0.4, 0.5) is 0 Å². The predicted octanol–water partition coefficient (Wildman–Crippen LogP) is 11.6. The molecule has 0 radical (unpaired) electrons. The van der Waals surface area contributed by atoms with E-state index < -0.39 is 26.5 Å². The maximum Gasteiger partial charge on any atom is 0.472 e. The largest absolute Gasteiger partial charge is 0.472 e. The van der Waals surface area contributed by atoms with Crippen molar-refractivity contribution in [2.24, 2.45) is 5.73 Å². The molecule has 0 aromatic heterocycles. The van der Waals surface area contributed by atoms with Crippen LogP contribution in [-0.4, -0.2) is 49.3 Å². The van der Waals surface area contributed by atoms with Crippen molar-refractivity contribution < 1.29 is 37.6 Å². The van der Waals surface area contributed by atoms with E-state index in [1.807, 2.05) is 0 Å². The molecule has 52 heavy (non-hydrogen) atoms. The Labute approximate surface area is 317 Å². The molecular weight excluding hydrogens is 677 g/mol. The average Bonchev–Trinajstić information content (AvgIpc) is 3.13. The molecule has 302 valence electrons. The molecular formula is C42H76NO8P. The Morgan fingerprint density at radius 3 is 1.58 bits per heavy atom. The van der Waals surface area contributed by atoms with Crippen molar-refractivity contribution in [1.82, 2.24) is 0 Å². The van der Waals surface area contributed by atoms with Crippen LogP contribution in [0, 0.1) is 0 Å². The molecule has 0 saturated heterocycles. The number of hydrogen-bond donors (Lipinski definition) is 2. The van der Waals surface area contributed by atoms with Crippen molar-refractivity contribution in [2.45, 2.75) is 180 Å². The molecule has 0 aromatic rings. The lowest BCUT2D eigenvalue weighted by atomic mass is 10.1. The topological polar surface area (TPSA) is 134 Å². The maximum atomic E-state index is 12.6. The number of nitrogens with two attached hydrogens (primary N) is 1. The van der Waals surface area contributed by atoms with Gasteiger partial charge in [-0.05, 0) is 51.4 Å². The molecule has 0 fully saturated rings. The lowest BCUT2D eigenvalue weighted by Gasteiger charge is -2.19. The Morgan fingerprint density at radius 1 is 0.596 bits per heavy atom. The van der Waals surface area contributed by atoms with E-state index in [1.165, 1.54) is 70.6 Å². The molecule has 2 unspecified atom stereocenters. The van der Waals surface area contributed by atoms with Crippen molar-refractivity contribution in [3.05, 3.63) is 48.6 Å². The molecule has 0 spiro atoms. The molecule has 0 aromatic carbocycles. The van der Waals surface area contributed by atoms with Crippen LogP contribution < -0.4 is 5.73 Å². The highest BCUT2D eigenvalue weighted by Crippen LogP contribution is 2.43. The summed E-state index contributed by atoms with van der Waals surface area (Å²) >= 11 is 0. The summed E-state index contributed by atoms with van der Waals surface area (Å²) in [7, 11) is -4.37. The Bertz CT molecular complexity index is 996. The second-order valence-corrected chi connectivity index (χ2v) is 14.9. The van der Waals surface area contributed by atoms with E-state index in [-0.39, 0.29) is 38.6 Å². The molecule has 0 aliphatic rings. The first kappa shape index (κ1) is 50.0. The third-order valence-electron chi connectivity index (χ3n) is 8.48. The summed E-state index contributed by atoms with van der Waals surface area (Å²) in [5, 5.41) is 0. The molecule has 0 rings (SSSR count). The van der Waals surface area contributed by atoms with Gasteiger partial charge in [0.2, 0.25) is 0 Å². The predicted molar refractivity (Wildman–Crippen MR) is 215 cm³/mol. The monoisotopic (exact) mass is 754 g/mol. The Hall–Kier alpha value is -2.03. The van der Waals surface area contributed by atoms with E-state index in [0.29, 0.717) is 6.42 Å². The first-order chi connectivity index (χ1) is 25.3. The number of carbonyl (C=O) groups excluding carboxylic acids is 2. The zero-order valence-corrected chi connectivity index (χ0v) is 33.9. The number of rotatable bonds is 38. The van der Waals surface area contributed by atoms with Crippen LogP contribution >= 0.6 is 7.82 Å². The van der Waals surface area contributed by atoms with E-state index in [0.717, 1.165) is 70.6 Å². The minimum Gasteiger partial charge on any atom is -0.462 e. The number of phosphoric ester groups is 1. The Balaban J connectivity index is 4.14. The number of phosphoric acid groups is 1. The number of allylic oxidation sites excluding steroid dienone is 8. The Kier molecular flexibility index (Phi) is 37.2. The van der Waals surface area contributed by atoms with Crippen molar-refractivity contribution in [3.63, 3.8) is 0 Å². The van der Waals surface area contributed by atoms with Gasteiger partial charge in [-0.1, -0.05) is 159 Å². The Morgan fingerprint density at radius 2 is 1.06 bits per heavy atom. The first-order valence-corrected chi connectivity index (χ1v) is 22.1. The summed E-state index contributed by atoms with van der Waals surface area (Å²) in [6.45, 7) is 3.59. The van der Waals surface area contributed by atoms with Gasteiger partial charge in [0.25, 0.3) is 0 Å². The van der Waals surface area contributed by atoms with Gasteiger partial charge in [0.05, 0.1) is 13.2 Å². The van der Waals surface area contributed by atoms with Crippen molar-refractivity contribution in [2.75, 3.05) is 26.4 Å². The minimum atomic E-state index is -4.37.